The fourth-order valence-electron chi connectivity index (χ4n) is 5.26. The second-order valence-corrected chi connectivity index (χ2v) is 10.8. The van der Waals surface area contributed by atoms with Gasteiger partial charge in [-0.3, -0.25) is 0 Å². The normalized spacial score (nSPS) is 15.5. The van der Waals surface area contributed by atoms with E-state index >= 15 is 0 Å². The van der Waals surface area contributed by atoms with E-state index in [1.807, 2.05) is 12.1 Å². The van der Waals surface area contributed by atoms with Crippen LogP contribution in [0.15, 0.2) is 30.3 Å². The van der Waals surface area contributed by atoms with Crippen molar-refractivity contribution in [2.24, 2.45) is 0 Å². The summed E-state index contributed by atoms with van der Waals surface area (Å²) >= 11 is 0. The minimum Gasteiger partial charge on any atom is -0.496 e. The van der Waals surface area contributed by atoms with Gasteiger partial charge in [0.1, 0.15) is 17.8 Å². The smallest absolute Gasteiger partial charge is 0.222 e. The number of aromatic nitrogens is 3. The van der Waals surface area contributed by atoms with Gasteiger partial charge in [-0.2, -0.15) is 4.98 Å². The number of nitrogens with zero attached hydrogens (tertiary/aromatic N) is 4. The van der Waals surface area contributed by atoms with Crippen LogP contribution in [0.1, 0.15) is 70.2 Å². The van der Waals surface area contributed by atoms with E-state index in [1.54, 1.807) is 7.11 Å². The molecule has 0 atom stereocenters. The summed E-state index contributed by atoms with van der Waals surface area (Å²) in [5, 5.41) is 3.38. The summed E-state index contributed by atoms with van der Waals surface area (Å²) in [4.78, 5) is 13.7. The van der Waals surface area contributed by atoms with Gasteiger partial charge in [-0.15, -0.1) is 0 Å². The number of rotatable bonds is 9. The van der Waals surface area contributed by atoms with Gasteiger partial charge < -0.3 is 20.3 Å². The SMILES string of the molecule is CCCCNc1nc(N)nc2ccc(Cc3ccc(C[N+]4(C(C)(C)C)CCCC4)cc3OC)nc12. The molecule has 0 radical (unpaired) electrons. The van der Waals surface area contributed by atoms with Crippen molar-refractivity contribution in [3.8, 4) is 5.75 Å². The largest absolute Gasteiger partial charge is 0.496 e. The van der Waals surface area contributed by atoms with Gasteiger partial charge >= 0.3 is 0 Å². The first-order valence-electron chi connectivity index (χ1n) is 12.9. The van der Waals surface area contributed by atoms with Crippen LogP contribution in [0, 0.1) is 0 Å². The molecule has 3 N–H and O–H groups in total. The Kier molecular flexibility index (Phi) is 7.45. The lowest BCUT2D eigenvalue weighted by atomic mass is 9.99. The number of nitrogens with two attached hydrogens (primary N) is 1. The zero-order valence-corrected chi connectivity index (χ0v) is 22.0. The van der Waals surface area contributed by atoms with Gasteiger partial charge in [-0.05, 0) is 45.4 Å². The standard InChI is InChI=1S/C28H41N6O/c1-6-7-14-30-26-25-23(32-27(29)33-26)13-12-22(31-25)18-21-11-10-20(17-24(21)35-5)19-34(28(2,3)4)15-8-9-16-34/h10-13,17H,6-9,14-16,18-19H2,1-5H3,(H3,29,30,32,33)/q+1. The van der Waals surface area contributed by atoms with E-state index in [1.165, 1.54) is 31.5 Å². The van der Waals surface area contributed by atoms with Crippen LogP contribution in [0.2, 0.25) is 0 Å². The van der Waals surface area contributed by atoms with Crippen LogP contribution < -0.4 is 15.8 Å². The van der Waals surface area contributed by atoms with Crippen molar-refractivity contribution in [1.82, 2.24) is 15.0 Å². The third-order valence-corrected chi connectivity index (χ3v) is 7.49. The third-order valence-electron chi connectivity index (χ3n) is 7.49. The van der Waals surface area contributed by atoms with Crippen LogP contribution in [0.25, 0.3) is 11.0 Å². The highest BCUT2D eigenvalue weighted by Crippen LogP contribution is 2.35. The van der Waals surface area contributed by atoms with E-state index in [0.717, 1.165) is 58.5 Å². The van der Waals surface area contributed by atoms with Crippen molar-refractivity contribution in [1.29, 1.82) is 0 Å². The van der Waals surface area contributed by atoms with Crippen LogP contribution >= 0.6 is 0 Å². The van der Waals surface area contributed by atoms with Crippen LogP contribution in [0.3, 0.4) is 0 Å². The van der Waals surface area contributed by atoms with Crippen LogP contribution in [-0.4, -0.2) is 51.7 Å². The van der Waals surface area contributed by atoms with E-state index in [-0.39, 0.29) is 11.5 Å². The van der Waals surface area contributed by atoms with Gasteiger partial charge in [0, 0.05) is 42.6 Å². The highest BCUT2D eigenvalue weighted by Gasteiger charge is 2.42. The molecule has 0 unspecified atom stereocenters. The van der Waals surface area contributed by atoms with Crippen molar-refractivity contribution >= 4 is 22.8 Å². The Balaban J connectivity index is 1.59. The van der Waals surface area contributed by atoms with Gasteiger partial charge in [0.15, 0.2) is 5.82 Å². The molecule has 3 heterocycles. The molecule has 0 bridgehead atoms. The predicted octanol–water partition coefficient (Wildman–Crippen LogP) is 5.33. The summed E-state index contributed by atoms with van der Waals surface area (Å²) in [6.07, 6.45) is 5.46. The Morgan fingerprint density at radius 2 is 1.83 bits per heavy atom. The number of likely N-dealkylation sites (tertiary alicyclic amines) is 1. The number of unbranched alkanes of at least 4 members (excludes halogenated alkanes) is 1. The zero-order valence-electron chi connectivity index (χ0n) is 22.0. The molecule has 0 aliphatic carbocycles. The minimum atomic E-state index is 0.228. The molecule has 1 saturated heterocycles. The lowest BCUT2D eigenvalue weighted by Crippen LogP contribution is -2.57. The molecule has 1 aromatic carbocycles. The number of fused-ring (bicyclic) bond motifs is 1. The van der Waals surface area contributed by atoms with Crippen LogP contribution in [0.5, 0.6) is 5.75 Å². The molecule has 7 nitrogen and oxygen atoms in total. The first-order valence-corrected chi connectivity index (χ1v) is 12.9. The molecule has 35 heavy (non-hydrogen) atoms. The van der Waals surface area contributed by atoms with Crippen LogP contribution in [-0.2, 0) is 13.0 Å². The Morgan fingerprint density at radius 1 is 1.06 bits per heavy atom. The van der Waals surface area contributed by atoms with E-state index < -0.39 is 0 Å². The zero-order chi connectivity index (χ0) is 25.1. The maximum absolute atomic E-state index is 5.93. The second-order valence-electron chi connectivity index (χ2n) is 10.8. The van der Waals surface area contributed by atoms with Crippen molar-refractivity contribution in [2.75, 3.05) is 37.8 Å². The summed E-state index contributed by atoms with van der Waals surface area (Å²) in [7, 11) is 1.76. The molecule has 7 heteroatoms. The molecule has 0 amide bonds. The van der Waals surface area contributed by atoms with Gasteiger partial charge in [0.25, 0.3) is 0 Å². The molecular weight excluding hydrogens is 436 g/mol. The number of nitrogens with one attached hydrogen (secondary N) is 1. The highest BCUT2D eigenvalue weighted by atomic mass is 16.5. The number of anilines is 2. The lowest BCUT2D eigenvalue weighted by Gasteiger charge is -2.46. The Morgan fingerprint density at radius 3 is 2.51 bits per heavy atom. The molecular formula is C28H41N6O+. The molecule has 2 aromatic heterocycles. The minimum absolute atomic E-state index is 0.228. The topological polar surface area (TPSA) is 86.0 Å². The van der Waals surface area contributed by atoms with Crippen molar-refractivity contribution in [3.63, 3.8) is 0 Å². The van der Waals surface area contributed by atoms with Gasteiger partial charge in [0.05, 0.1) is 31.3 Å². The number of nitrogen functional groups attached to an aromatic ring is 1. The molecule has 1 aliphatic heterocycles. The maximum Gasteiger partial charge on any atom is 0.222 e. The van der Waals surface area contributed by atoms with Crippen molar-refractivity contribution in [3.05, 3.63) is 47.2 Å². The average Bonchev–Trinajstić information content (AvgIpc) is 3.30. The van der Waals surface area contributed by atoms with E-state index in [4.69, 9.17) is 15.5 Å². The molecule has 1 fully saturated rings. The number of benzene rings is 1. The van der Waals surface area contributed by atoms with Crippen LogP contribution in [0.4, 0.5) is 11.8 Å². The Hall–Kier alpha value is -2.93. The maximum atomic E-state index is 5.93. The Bertz CT molecular complexity index is 1160. The first kappa shape index (κ1) is 25.2. The van der Waals surface area contributed by atoms with Gasteiger partial charge in [0.2, 0.25) is 5.95 Å². The summed E-state index contributed by atoms with van der Waals surface area (Å²) in [5.74, 6) is 1.88. The number of hydrogen-bond donors (Lipinski definition) is 2. The highest BCUT2D eigenvalue weighted by molar-refractivity contribution is 5.86. The fourth-order valence-corrected chi connectivity index (χ4v) is 5.26. The molecule has 1 aliphatic rings. The molecule has 188 valence electrons. The molecule has 0 spiro atoms. The number of ether oxygens (including phenoxy) is 1. The van der Waals surface area contributed by atoms with Gasteiger partial charge in [-0.1, -0.05) is 25.5 Å². The van der Waals surface area contributed by atoms with Gasteiger partial charge in [-0.25, -0.2) is 9.97 Å². The number of hydrogen-bond acceptors (Lipinski definition) is 6. The van der Waals surface area contributed by atoms with E-state index in [9.17, 15) is 0 Å². The van der Waals surface area contributed by atoms with Crippen molar-refractivity contribution < 1.29 is 9.22 Å². The van der Waals surface area contributed by atoms with E-state index in [2.05, 4.69) is 61.2 Å². The first-order chi connectivity index (χ1) is 16.7. The average molecular weight is 478 g/mol. The lowest BCUT2D eigenvalue weighted by molar-refractivity contribution is -0.972. The number of methoxy groups -OCH3 is 1. The molecule has 3 aromatic rings. The third kappa shape index (κ3) is 5.50. The quantitative estimate of drug-likeness (QED) is 0.320. The second kappa shape index (κ2) is 10.4. The molecule has 0 saturated carbocycles. The monoisotopic (exact) mass is 477 g/mol. The predicted molar refractivity (Wildman–Crippen MR) is 144 cm³/mol. The summed E-state index contributed by atoms with van der Waals surface area (Å²) < 4.78 is 6.98. The number of pyridine rings is 1. The number of quaternary nitrogens is 1. The fraction of sp³-hybridized carbons (Fsp3) is 0.536. The van der Waals surface area contributed by atoms with Crippen molar-refractivity contribution in [2.45, 2.75) is 71.9 Å². The summed E-state index contributed by atoms with van der Waals surface area (Å²) in [6.45, 7) is 13.6. The summed E-state index contributed by atoms with van der Waals surface area (Å²) in [6, 6.07) is 10.7. The molecule has 4 rings (SSSR count). The Labute approximate surface area is 209 Å². The van der Waals surface area contributed by atoms with E-state index in [0.29, 0.717) is 12.2 Å². The summed E-state index contributed by atoms with van der Waals surface area (Å²) in [5.41, 5.74) is 11.1.